The fourth-order valence-electron chi connectivity index (χ4n) is 1.99. The van der Waals surface area contributed by atoms with E-state index in [4.69, 9.17) is 23.2 Å². The molecule has 0 radical (unpaired) electrons. The minimum Gasteiger partial charge on any atom is -0.298 e. The number of nitro groups is 1. The molecule has 0 aliphatic carbocycles. The second kappa shape index (κ2) is 7.96. The third-order valence-electron chi connectivity index (χ3n) is 3.13. The van der Waals surface area contributed by atoms with Gasteiger partial charge in [-0.15, -0.1) is 11.3 Å². The van der Waals surface area contributed by atoms with Crippen molar-refractivity contribution in [3.05, 3.63) is 66.8 Å². The van der Waals surface area contributed by atoms with Crippen LogP contribution in [0.3, 0.4) is 0 Å². The van der Waals surface area contributed by atoms with E-state index in [0.717, 1.165) is 11.3 Å². The molecule has 3 rings (SSSR count). The summed E-state index contributed by atoms with van der Waals surface area (Å²) in [5.41, 5.74) is 1.35. The number of nitrogens with zero attached hydrogens (tertiary/aromatic N) is 2. The highest BCUT2D eigenvalue weighted by Crippen LogP contribution is 2.32. The van der Waals surface area contributed by atoms with Crippen LogP contribution in [0, 0.1) is 10.1 Å². The molecule has 0 saturated carbocycles. The van der Waals surface area contributed by atoms with Gasteiger partial charge in [-0.2, -0.15) is 0 Å². The van der Waals surface area contributed by atoms with Gasteiger partial charge in [0.25, 0.3) is 0 Å². The number of hydrogen-bond donors (Lipinski definition) is 1. The Kier molecular flexibility index (Phi) is 5.67. The molecule has 0 fully saturated rings. The highest BCUT2D eigenvalue weighted by Gasteiger charge is 2.11. The maximum absolute atomic E-state index is 12.0. The number of thiophene rings is 1. The van der Waals surface area contributed by atoms with Gasteiger partial charge < -0.3 is 0 Å². The highest BCUT2D eigenvalue weighted by atomic mass is 35.5. The minimum absolute atomic E-state index is 0.0227. The molecule has 0 atom stereocenters. The Balaban J connectivity index is 1.67. The van der Waals surface area contributed by atoms with E-state index in [1.165, 1.54) is 29.6 Å². The number of thiazole rings is 1. The van der Waals surface area contributed by atoms with Gasteiger partial charge in [0.1, 0.15) is 0 Å². The van der Waals surface area contributed by atoms with E-state index in [1.54, 1.807) is 29.6 Å². The van der Waals surface area contributed by atoms with E-state index >= 15 is 0 Å². The summed E-state index contributed by atoms with van der Waals surface area (Å²) in [5, 5.41) is 16.5. The smallest absolute Gasteiger partial charge is 0.298 e. The molecule has 0 bridgehead atoms. The molecule has 1 aromatic carbocycles. The molecule has 0 aliphatic rings. The van der Waals surface area contributed by atoms with Crippen molar-refractivity contribution in [1.82, 2.24) is 4.98 Å². The van der Waals surface area contributed by atoms with Crippen molar-refractivity contribution in [2.75, 3.05) is 5.32 Å². The first-order valence-electron chi connectivity index (χ1n) is 7.06. The Morgan fingerprint density at radius 3 is 2.77 bits per heavy atom. The summed E-state index contributed by atoms with van der Waals surface area (Å²) in [5.74, 6) is -0.385. The maximum atomic E-state index is 12.0. The lowest BCUT2D eigenvalue weighted by atomic mass is 10.2. The molecule has 26 heavy (non-hydrogen) atoms. The number of anilines is 1. The van der Waals surface area contributed by atoms with E-state index in [9.17, 15) is 14.9 Å². The number of hydrogen-bond acceptors (Lipinski definition) is 6. The van der Waals surface area contributed by atoms with Gasteiger partial charge in [-0.05, 0) is 30.3 Å². The van der Waals surface area contributed by atoms with Crippen LogP contribution in [-0.2, 0) is 4.79 Å². The van der Waals surface area contributed by atoms with Gasteiger partial charge in [-0.25, -0.2) is 4.98 Å². The predicted octanol–water partition coefficient (Wildman–Crippen LogP) is 5.74. The Labute approximate surface area is 165 Å². The first-order chi connectivity index (χ1) is 12.4. The fraction of sp³-hybridized carbons (Fsp3) is 0. The van der Waals surface area contributed by atoms with Crippen LogP contribution in [0.4, 0.5) is 10.1 Å². The summed E-state index contributed by atoms with van der Waals surface area (Å²) in [4.78, 5) is 27.1. The molecule has 3 aromatic rings. The van der Waals surface area contributed by atoms with Crippen LogP contribution < -0.4 is 5.32 Å². The number of halogens is 2. The Morgan fingerprint density at radius 2 is 2.08 bits per heavy atom. The molecule has 0 saturated heterocycles. The van der Waals surface area contributed by atoms with Crippen molar-refractivity contribution >= 4 is 68.0 Å². The molecule has 0 spiro atoms. The molecule has 0 aliphatic heterocycles. The number of amides is 1. The fourth-order valence-corrected chi connectivity index (χ4v) is 3.93. The number of aromatic nitrogens is 1. The largest absolute Gasteiger partial charge is 0.324 e. The summed E-state index contributed by atoms with van der Waals surface area (Å²) in [6, 6.07) is 8.07. The van der Waals surface area contributed by atoms with Crippen LogP contribution in [0.15, 0.2) is 41.8 Å². The third-order valence-corrected chi connectivity index (χ3v) is 5.44. The standard InChI is InChI=1S/C16H9Cl2N3O3S2/c17-9-1-4-11(12(18)7-9)13-8-25-16(19-13)20-14(22)5-2-10-3-6-15(26-10)21(23)24/h1-8H,(H,19,20,22)/b5-2+. The van der Waals surface area contributed by atoms with Gasteiger partial charge in [0.05, 0.1) is 15.6 Å². The number of carbonyl (C=O) groups is 1. The van der Waals surface area contributed by atoms with E-state index < -0.39 is 4.92 Å². The average Bonchev–Trinajstić information content (AvgIpc) is 3.22. The van der Waals surface area contributed by atoms with Crippen LogP contribution in [-0.4, -0.2) is 15.8 Å². The molecule has 10 heteroatoms. The van der Waals surface area contributed by atoms with E-state index in [0.29, 0.717) is 31.3 Å². The second-order valence-electron chi connectivity index (χ2n) is 4.92. The lowest BCUT2D eigenvalue weighted by Gasteiger charge is -2.01. The highest BCUT2D eigenvalue weighted by molar-refractivity contribution is 7.16. The quantitative estimate of drug-likeness (QED) is 0.320. The van der Waals surface area contributed by atoms with E-state index in [1.807, 2.05) is 0 Å². The molecule has 132 valence electrons. The zero-order valence-corrected chi connectivity index (χ0v) is 16.0. The van der Waals surface area contributed by atoms with Crippen molar-refractivity contribution in [2.24, 2.45) is 0 Å². The molecule has 2 heterocycles. The lowest BCUT2D eigenvalue weighted by molar-refractivity contribution is -0.380. The molecule has 1 amide bonds. The molecule has 1 N–H and O–H groups in total. The Bertz CT molecular complexity index is 1010. The summed E-state index contributed by atoms with van der Waals surface area (Å²) < 4.78 is 0. The van der Waals surface area contributed by atoms with Gasteiger partial charge >= 0.3 is 5.00 Å². The molecular formula is C16H9Cl2N3O3S2. The van der Waals surface area contributed by atoms with Crippen LogP contribution >= 0.6 is 45.9 Å². The van der Waals surface area contributed by atoms with Crippen LogP contribution in [0.25, 0.3) is 17.3 Å². The zero-order valence-electron chi connectivity index (χ0n) is 12.8. The summed E-state index contributed by atoms with van der Waals surface area (Å²) >= 11 is 14.3. The second-order valence-corrected chi connectivity index (χ2v) is 7.71. The zero-order chi connectivity index (χ0) is 18.7. The van der Waals surface area contributed by atoms with Crippen LogP contribution in [0.5, 0.6) is 0 Å². The summed E-state index contributed by atoms with van der Waals surface area (Å²) in [6.45, 7) is 0. The number of rotatable bonds is 5. The molecule has 0 unspecified atom stereocenters. The normalized spacial score (nSPS) is 11.0. The molecular weight excluding hydrogens is 417 g/mol. The van der Waals surface area contributed by atoms with Crippen molar-refractivity contribution in [3.63, 3.8) is 0 Å². The van der Waals surface area contributed by atoms with Crippen LogP contribution in [0.1, 0.15) is 4.88 Å². The van der Waals surface area contributed by atoms with Crippen LogP contribution in [0.2, 0.25) is 10.0 Å². The van der Waals surface area contributed by atoms with Gasteiger partial charge in [-0.1, -0.05) is 34.5 Å². The molecule has 2 aromatic heterocycles. The first-order valence-corrected chi connectivity index (χ1v) is 9.52. The van der Waals surface area contributed by atoms with Crippen molar-refractivity contribution in [1.29, 1.82) is 0 Å². The average molecular weight is 426 g/mol. The predicted molar refractivity (Wildman–Crippen MR) is 106 cm³/mol. The summed E-state index contributed by atoms with van der Waals surface area (Å²) in [6.07, 6.45) is 2.81. The SMILES string of the molecule is O=C(/C=C/c1ccc([N+](=O)[O-])s1)Nc1nc(-c2ccc(Cl)cc2Cl)cs1. The Morgan fingerprint density at radius 1 is 1.27 bits per heavy atom. The van der Waals surface area contributed by atoms with E-state index in [2.05, 4.69) is 10.3 Å². The topological polar surface area (TPSA) is 85.1 Å². The maximum Gasteiger partial charge on any atom is 0.324 e. The van der Waals surface area contributed by atoms with Crippen molar-refractivity contribution < 1.29 is 9.72 Å². The van der Waals surface area contributed by atoms with Gasteiger partial charge in [0.15, 0.2) is 5.13 Å². The Hall–Kier alpha value is -2.26. The number of nitrogens with one attached hydrogen (secondary N) is 1. The monoisotopic (exact) mass is 425 g/mol. The van der Waals surface area contributed by atoms with Crippen molar-refractivity contribution in [2.45, 2.75) is 0 Å². The lowest BCUT2D eigenvalue weighted by Crippen LogP contribution is -2.07. The molecule has 6 nitrogen and oxygen atoms in total. The van der Waals surface area contributed by atoms with Gasteiger partial charge in [-0.3, -0.25) is 20.2 Å². The summed E-state index contributed by atoms with van der Waals surface area (Å²) in [7, 11) is 0. The van der Waals surface area contributed by atoms with Crippen molar-refractivity contribution in [3.8, 4) is 11.3 Å². The number of benzene rings is 1. The van der Waals surface area contributed by atoms with Gasteiger partial charge in [0, 0.05) is 33.0 Å². The van der Waals surface area contributed by atoms with Gasteiger partial charge in [0.2, 0.25) is 5.91 Å². The number of carbonyl (C=O) groups excluding carboxylic acids is 1. The minimum atomic E-state index is -0.471. The first kappa shape index (κ1) is 18.5. The third kappa shape index (κ3) is 4.47. The van der Waals surface area contributed by atoms with E-state index in [-0.39, 0.29) is 10.9 Å².